The molecule has 0 aliphatic heterocycles. The van der Waals surface area contributed by atoms with Gasteiger partial charge >= 0.3 is 0 Å². The molecule has 224 valence electrons. The molecule has 7 nitrogen and oxygen atoms in total. The smallest absolute Gasteiger partial charge is 0.264 e. The quantitative estimate of drug-likeness (QED) is 0.198. The van der Waals surface area contributed by atoms with E-state index in [1.807, 2.05) is 37.3 Å². The Morgan fingerprint density at radius 3 is 1.95 bits per heavy atom. The fraction of sp³-hybridized carbons (Fsp3) is 0.212. The van der Waals surface area contributed by atoms with Crippen molar-refractivity contribution in [2.24, 2.45) is 0 Å². The Kier molecular flexibility index (Phi) is 10.9. The number of nitrogens with one attached hydrogen (secondary N) is 1. The molecule has 0 aliphatic rings. The molecule has 0 aliphatic carbocycles. The SMILES string of the molecule is CCNC(=O)[C@H](Cc1ccccc1)N(Cc1ccc(Cl)cc1)C(=O)CN(c1ccc(C)cc1)S(=O)(=O)c1ccc(Cl)cc1. The summed E-state index contributed by atoms with van der Waals surface area (Å²) in [6.07, 6.45) is 0.237. The number of anilines is 1. The zero-order chi connectivity index (χ0) is 31.0. The van der Waals surface area contributed by atoms with Gasteiger partial charge in [-0.1, -0.05) is 83.4 Å². The van der Waals surface area contributed by atoms with Crippen molar-refractivity contribution in [3.63, 3.8) is 0 Å². The molecular formula is C33H33Cl2N3O4S. The highest BCUT2D eigenvalue weighted by molar-refractivity contribution is 7.92. The van der Waals surface area contributed by atoms with E-state index in [-0.39, 0.29) is 23.8 Å². The molecule has 43 heavy (non-hydrogen) atoms. The minimum atomic E-state index is -4.20. The number of carbonyl (C=O) groups is 2. The Morgan fingerprint density at radius 1 is 0.791 bits per heavy atom. The number of halogens is 2. The van der Waals surface area contributed by atoms with Gasteiger partial charge in [0.15, 0.2) is 0 Å². The third-order valence-electron chi connectivity index (χ3n) is 6.89. The summed E-state index contributed by atoms with van der Waals surface area (Å²) in [5.74, 6) is -0.878. The van der Waals surface area contributed by atoms with E-state index in [2.05, 4.69) is 5.32 Å². The van der Waals surface area contributed by atoms with E-state index in [1.54, 1.807) is 55.5 Å². The molecule has 4 rings (SSSR count). The average molecular weight is 639 g/mol. The van der Waals surface area contributed by atoms with E-state index >= 15 is 0 Å². The van der Waals surface area contributed by atoms with Gasteiger partial charge in [-0.05, 0) is 73.5 Å². The summed E-state index contributed by atoms with van der Waals surface area (Å²) < 4.78 is 29.1. The maximum atomic E-state index is 14.3. The standard InChI is InChI=1S/C33H33Cl2N3O4S/c1-3-36-33(40)31(21-25-7-5-4-6-8-25)37(22-26-11-13-27(34)14-12-26)32(39)23-38(29-17-9-24(2)10-18-29)43(41,42)30-19-15-28(35)16-20-30/h4-20,31H,3,21-23H2,1-2H3,(H,36,40)/t31-/m0/s1. The Hall–Kier alpha value is -3.85. The lowest BCUT2D eigenvalue weighted by Gasteiger charge is -2.34. The number of hydrogen-bond donors (Lipinski definition) is 1. The van der Waals surface area contributed by atoms with Crippen LogP contribution >= 0.6 is 23.2 Å². The number of carbonyl (C=O) groups excluding carboxylic acids is 2. The lowest BCUT2D eigenvalue weighted by molar-refractivity contribution is -0.140. The number of hydrogen-bond acceptors (Lipinski definition) is 4. The van der Waals surface area contributed by atoms with Crippen LogP contribution in [0.3, 0.4) is 0 Å². The molecule has 0 spiro atoms. The molecule has 1 atom stereocenters. The van der Waals surface area contributed by atoms with Gasteiger partial charge in [0.1, 0.15) is 12.6 Å². The van der Waals surface area contributed by atoms with Crippen molar-refractivity contribution < 1.29 is 18.0 Å². The van der Waals surface area contributed by atoms with Crippen LogP contribution in [0.1, 0.15) is 23.6 Å². The molecule has 0 unspecified atom stereocenters. The first-order valence-corrected chi connectivity index (χ1v) is 16.0. The minimum absolute atomic E-state index is 0.0147. The zero-order valence-electron chi connectivity index (χ0n) is 23.9. The molecule has 0 bridgehead atoms. The van der Waals surface area contributed by atoms with Gasteiger partial charge in [-0.2, -0.15) is 0 Å². The van der Waals surface area contributed by atoms with Crippen LogP contribution in [0.25, 0.3) is 0 Å². The number of rotatable bonds is 12. The first-order chi connectivity index (χ1) is 20.6. The van der Waals surface area contributed by atoms with E-state index in [4.69, 9.17) is 23.2 Å². The van der Waals surface area contributed by atoms with E-state index in [0.29, 0.717) is 22.3 Å². The van der Waals surface area contributed by atoms with E-state index in [9.17, 15) is 18.0 Å². The Balaban J connectivity index is 1.78. The highest BCUT2D eigenvalue weighted by Gasteiger charge is 2.34. The van der Waals surface area contributed by atoms with Crippen molar-refractivity contribution in [1.29, 1.82) is 0 Å². The van der Waals surface area contributed by atoms with Crippen LogP contribution in [-0.2, 0) is 32.6 Å². The summed E-state index contributed by atoms with van der Waals surface area (Å²) in [6.45, 7) is 3.59. The molecule has 0 fully saturated rings. The van der Waals surface area contributed by atoms with Gasteiger partial charge < -0.3 is 10.2 Å². The molecule has 0 radical (unpaired) electrons. The first-order valence-electron chi connectivity index (χ1n) is 13.8. The topological polar surface area (TPSA) is 86.8 Å². The largest absolute Gasteiger partial charge is 0.355 e. The molecule has 10 heteroatoms. The van der Waals surface area contributed by atoms with Crippen LogP contribution < -0.4 is 9.62 Å². The van der Waals surface area contributed by atoms with Gasteiger partial charge in [-0.15, -0.1) is 0 Å². The molecule has 0 saturated heterocycles. The van der Waals surface area contributed by atoms with Crippen LogP contribution in [0, 0.1) is 6.92 Å². The summed E-state index contributed by atoms with van der Waals surface area (Å²) in [5, 5.41) is 3.77. The lowest BCUT2D eigenvalue weighted by atomic mass is 10.0. The van der Waals surface area contributed by atoms with E-state index in [0.717, 1.165) is 21.0 Å². The second-order valence-corrected chi connectivity index (χ2v) is 12.8. The normalized spacial score (nSPS) is 11.9. The van der Waals surface area contributed by atoms with Gasteiger partial charge in [0.05, 0.1) is 10.6 Å². The van der Waals surface area contributed by atoms with Gasteiger partial charge in [0.2, 0.25) is 11.8 Å². The Morgan fingerprint density at radius 2 is 1.37 bits per heavy atom. The van der Waals surface area contributed by atoms with Crippen LogP contribution in [0.2, 0.25) is 10.0 Å². The molecule has 0 heterocycles. The number of likely N-dealkylation sites (N-methyl/N-ethyl adjacent to an activating group) is 1. The monoisotopic (exact) mass is 637 g/mol. The van der Waals surface area contributed by atoms with Gasteiger partial charge in [0.25, 0.3) is 10.0 Å². The molecule has 0 saturated carbocycles. The Labute approximate surface area is 263 Å². The van der Waals surface area contributed by atoms with Crippen molar-refractivity contribution >= 4 is 50.7 Å². The summed E-state index contributed by atoms with van der Waals surface area (Å²) >= 11 is 12.1. The summed E-state index contributed by atoms with van der Waals surface area (Å²) in [6, 6.07) is 28.1. The number of amides is 2. The molecule has 1 N–H and O–H groups in total. The third kappa shape index (κ3) is 8.38. The number of benzene rings is 4. The predicted octanol–water partition coefficient (Wildman–Crippen LogP) is 6.27. The van der Waals surface area contributed by atoms with E-state index < -0.39 is 28.5 Å². The zero-order valence-corrected chi connectivity index (χ0v) is 26.2. The summed E-state index contributed by atoms with van der Waals surface area (Å²) in [4.78, 5) is 29.3. The lowest BCUT2D eigenvalue weighted by Crippen LogP contribution is -2.53. The maximum absolute atomic E-state index is 14.3. The van der Waals surface area contributed by atoms with Crippen LogP contribution in [-0.4, -0.2) is 44.3 Å². The van der Waals surface area contributed by atoms with Crippen LogP contribution in [0.5, 0.6) is 0 Å². The first kappa shape index (κ1) is 32.1. The molecular weight excluding hydrogens is 605 g/mol. The Bertz CT molecular complexity index is 1630. The fourth-order valence-corrected chi connectivity index (χ4v) is 6.27. The highest BCUT2D eigenvalue weighted by Crippen LogP contribution is 2.26. The highest BCUT2D eigenvalue weighted by atomic mass is 35.5. The third-order valence-corrected chi connectivity index (χ3v) is 9.18. The molecule has 2 amide bonds. The molecule has 4 aromatic rings. The van der Waals surface area contributed by atoms with Gasteiger partial charge in [-0.25, -0.2) is 8.42 Å². The van der Waals surface area contributed by atoms with Crippen molar-refractivity contribution in [1.82, 2.24) is 10.2 Å². The minimum Gasteiger partial charge on any atom is -0.355 e. The van der Waals surface area contributed by atoms with Crippen molar-refractivity contribution in [2.45, 2.75) is 37.8 Å². The second kappa shape index (κ2) is 14.6. The van der Waals surface area contributed by atoms with Crippen molar-refractivity contribution in [3.05, 3.63) is 130 Å². The van der Waals surface area contributed by atoms with Crippen LogP contribution in [0.4, 0.5) is 5.69 Å². The number of aryl methyl sites for hydroxylation is 1. The number of nitrogens with zero attached hydrogens (tertiary/aromatic N) is 2. The summed E-state index contributed by atoms with van der Waals surface area (Å²) in [5.41, 5.74) is 2.85. The maximum Gasteiger partial charge on any atom is 0.264 e. The summed E-state index contributed by atoms with van der Waals surface area (Å²) in [7, 11) is -4.20. The van der Waals surface area contributed by atoms with Crippen molar-refractivity contribution in [3.8, 4) is 0 Å². The fourth-order valence-electron chi connectivity index (χ4n) is 4.61. The number of sulfonamides is 1. The van der Waals surface area contributed by atoms with E-state index in [1.165, 1.54) is 29.2 Å². The predicted molar refractivity (Wildman–Crippen MR) is 172 cm³/mol. The molecule has 4 aromatic carbocycles. The van der Waals surface area contributed by atoms with Gasteiger partial charge in [0, 0.05) is 29.6 Å². The van der Waals surface area contributed by atoms with Crippen LogP contribution in [0.15, 0.2) is 108 Å². The average Bonchev–Trinajstić information content (AvgIpc) is 3.00. The van der Waals surface area contributed by atoms with Crippen molar-refractivity contribution in [2.75, 3.05) is 17.4 Å². The molecule has 0 aromatic heterocycles. The van der Waals surface area contributed by atoms with Gasteiger partial charge in [-0.3, -0.25) is 13.9 Å². The second-order valence-electron chi connectivity index (χ2n) is 10.0.